The molecule has 0 aliphatic rings. The second kappa shape index (κ2) is 18.0. The Kier molecular flexibility index (Phi) is 12.5. The smallest absolute Gasteiger partial charge is 0.337 e. The van der Waals surface area contributed by atoms with Crippen LogP contribution in [-0.2, 0) is 4.79 Å². The Labute approximate surface area is 314 Å². The van der Waals surface area contributed by atoms with Gasteiger partial charge in [0.2, 0.25) is 0 Å². The third-order valence-corrected chi connectivity index (χ3v) is 7.36. The molecule has 6 aromatic carbocycles. The molecular weight excluding hydrogens is 708 g/mol. The molecule has 0 radical (unpaired) electrons. The van der Waals surface area contributed by atoms with Crippen molar-refractivity contribution in [2.75, 3.05) is 10.6 Å². The SMILES string of the molecule is CC(=O)Oc1cccc(C(=O)Nc2cc(Oc3ccccc3)ccc2C(=O)O)c1.O=C(Nc1cc(Oc2ccccc2)ccc1C(=O)O)c1cccc(O)c1. The van der Waals surface area contributed by atoms with E-state index in [9.17, 15) is 39.3 Å². The number of carboxylic acids is 2. The topological polar surface area (TPSA) is 198 Å². The van der Waals surface area contributed by atoms with Crippen LogP contribution in [0.15, 0.2) is 146 Å². The number of hydrogen-bond acceptors (Lipinski definition) is 9. The fourth-order valence-electron chi connectivity index (χ4n) is 4.91. The molecule has 0 aromatic heterocycles. The van der Waals surface area contributed by atoms with Crippen LogP contribution in [0.1, 0.15) is 48.4 Å². The molecule has 6 rings (SSSR count). The van der Waals surface area contributed by atoms with Crippen molar-refractivity contribution in [2.24, 2.45) is 0 Å². The van der Waals surface area contributed by atoms with Gasteiger partial charge in [-0.25, -0.2) is 9.59 Å². The van der Waals surface area contributed by atoms with Gasteiger partial charge in [0.25, 0.3) is 11.8 Å². The first-order valence-corrected chi connectivity index (χ1v) is 16.4. The lowest BCUT2D eigenvalue weighted by atomic mass is 10.1. The van der Waals surface area contributed by atoms with Crippen LogP contribution in [0.4, 0.5) is 11.4 Å². The maximum absolute atomic E-state index is 12.6. The van der Waals surface area contributed by atoms with Crippen LogP contribution in [0.2, 0.25) is 0 Å². The number of aromatic carboxylic acids is 2. The van der Waals surface area contributed by atoms with Crippen LogP contribution in [0, 0.1) is 0 Å². The van der Waals surface area contributed by atoms with Crippen LogP contribution in [0.25, 0.3) is 0 Å². The van der Waals surface area contributed by atoms with Crippen molar-refractivity contribution in [3.8, 4) is 34.5 Å². The number of aromatic hydroxyl groups is 1. The fourth-order valence-corrected chi connectivity index (χ4v) is 4.91. The van der Waals surface area contributed by atoms with E-state index in [2.05, 4.69) is 10.6 Å². The van der Waals surface area contributed by atoms with E-state index in [1.807, 2.05) is 24.3 Å². The minimum atomic E-state index is -1.19. The van der Waals surface area contributed by atoms with Gasteiger partial charge in [-0.15, -0.1) is 0 Å². The van der Waals surface area contributed by atoms with Gasteiger partial charge >= 0.3 is 17.9 Å². The fraction of sp³-hybridized carbons (Fsp3) is 0.0238. The Balaban J connectivity index is 0.000000212. The van der Waals surface area contributed by atoms with E-state index >= 15 is 0 Å². The number of anilines is 2. The quantitative estimate of drug-likeness (QED) is 0.0631. The molecule has 5 N–H and O–H groups in total. The van der Waals surface area contributed by atoms with Gasteiger partial charge in [0.15, 0.2) is 0 Å². The van der Waals surface area contributed by atoms with Crippen LogP contribution in [0.3, 0.4) is 0 Å². The molecule has 0 unspecified atom stereocenters. The minimum absolute atomic E-state index is 0.0581. The number of esters is 1. The molecule has 6 aromatic rings. The highest BCUT2D eigenvalue weighted by Gasteiger charge is 2.17. The van der Waals surface area contributed by atoms with Crippen LogP contribution in [0.5, 0.6) is 34.5 Å². The van der Waals surface area contributed by atoms with E-state index in [4.69, 9.17) is 14.2 Å². The Bertz CT molecular complexity index is 2350. The number of amides is 2. The summed E-state index contributed by atoms with van der Waals surface area (Å²) in [6.45, 7) is 1.25. The number of para-hydroxylation sites is 2. The third-order valence-electron chi connectivity index (χ3n) is 7.36. The predicted molar refractivity (Wildman–Crippen MR) is 202 cm³/mol. The molecule has 13 heteroatoms. The second-order valence-electron chi connectivity index (χ2n) is 11.4. The Hall–Kier alpha value is -7.93. The number of rotatable bonds is 11. The summed E-state index contributed by atoms with van der Waals surface area (Å²) in [5, 5.41) is 33.4. The normalized spacial score (nSPS) is 10.1. The standard InChI is InChI=1S/C22H17NO6.C20H15NO5/c1-14(24)28-17-9-5-6-15(12-17)21(25)23-20-13-18(10-11-19(20)22(26)27)29-16-7-3-2-4-8-16;22-14-6-4-5-13(11-14)19(23)21-18-12-16(9-10-17(18)20(24)25)26-15-7-2-1-3-8-15/h2-13H,1H3,(H,23,25)(H,26,27);1-12,22H,(H,21,23)(H,24,25). The molecule has 0 bridgehead atoms. The first-order valence-electron chi connectivity index (χ1n) is 16.4. The summed E-state index contributed by atoms with van der Waals surface area (Å²) in [5.74, 6) is -1.93. The zero-order valence-electron chi connectivity index (χ0n) is 29.0. The number of carbonyl (C=O) groups excluding carboxylic acids is 3. The van der Waals surface area contributed by atoms with Gasteiger partial charge in [-0.05, 0) is 84.9 Å². The number of phenols is 1. The summed E-state index contributed by atoms with van der Waals surface area (Å²) in [7, 11) is 0. The van der Waals surface area contributed by atoms with Crippen molar-refractivity contribution in [2.45, 2.75) is 6.92 Å². The average Bonchev–Trinajstić information content (AvgIpc) is 3.16. The molecule has 0 saturated carbocycles. The summed E-state index contributed by atoms with van der Waals surface area (Å²) in [4.78, 5) is 59.0. The van der Waals surface area contributed by atoms with Gasteiger partial charge in [0, 0.05) is 30.2 Å². The maximum atomic E-state index is 12.6. The van der Waals surface area contributed by atoms with E-state index in [0.717, 1.165) is 0 Å². The van der Waals surface area contributed by atoms with E-state index in [-0.39, 0.29) is 45.1 Å². The monoisotopic (exact) mass is 740 g/mol. The number of benzene rings is 6. The highest BCUT2D eigenvalue weighted by Crippen LogP contribution is 2.29. The molecule has 13 nitrogen and oxygen atoms in total. The largest absolute Gasteiger partial charge is 0.508 e. The summed E-state index contributed by atoms with van der Waals surface area (Å²) in [5.41, 5.74) is 0.423. The number of carboxylic acid groups (broad SMARTS) is 2. The number of phenolic OH excluding ortho intramolecular Hbond substituents is 1. The molecule has 0 fully saturated rings. The van der Waals surface area contributed by atoms with Gasteiger partial charge < -0.3 is 40.2 Å². The molecule has 0 atom stereocenters. The van der Waals surface area contributed by atoms with Crippen molar-refractivity contribution in [1.29, 1.82) is 0 Å². The van der Waals surface area contributed by atoms with Crippen molar-refractivity contribution >= 4 is 41.1 Å². The lowest BCUT2D eigenvalue weighted by Gasteiger charge is -2.12. The van der Waals surface area contributed by atoms with E-state index in [0.29, 0.717) is 23.0 Å². The lowest BCUT2D eigenvalue weighted by molar-refractivity contribution is -0.131. The molecule has 276 valence electrons. The molecule has 0 heterocycles. The zero-order valence-corrected chi connectivity index (χ0v) is 29.0. The summed E-state index contributed by atoms with van der Waals surface area (Å²) < 4.78 is 16.3. The van der Waals surface area contributed by atoms with Crippen molar-refractivity contribution in [3.05, 3.63) is 168 Å². The van der Waals surface area contributed by atoms with Gasteiger partial charge in [-0.3, -0.25) is 14.4 Å². The lowest BCUT2D eigenvalue weighted by Crippen LogP contribution is -2.15. The van der Waals surface area contributed by atoms with E-state index in [1.54, 1.807) is 42.5 Å². The molecule has 0 saturated heterocycles. The Morgan fingerprint density at radius 2 is 0.909 bits per heavy atom. The van der Waals surface area contributed by atoms with Crippen LogP contribution >= 0.6 is 0 Å². The van der Waals surface area contributed by atoms with E-state index in [1.165, 1.54) is 85.8 Å². The third kappa shape index (κ3) is 11.0. The number of nitrogens with one attached hydrogen (secondary N) is 2. The summed E-state index contributed by atoms with van der Waals surface area (Å²) >= 11 is 0. The van der Waals surface area contributed by atoms with Crippen LogP contribution < -0.4 is 24.8 Å². The number of carbonyl (C=O) groups is 5. The van der Waals surface area contributed by atoms with Crippen molar-refractivity contribution in [3.63, 3.8) is 0 Å². The average molecular weight is 741 g/mol. The van der Waals surface area contributed by atoms with Gasteiger partial charge in [0.1, 0.15) is 34.5 Å². The van der Waals surface area contributed by atoms with Gasteiger partial charge in [-0.1, -0.05) is 48.5 Å². The second-order valence-corrected chi connectivity index (χ2v) is 11.4. The highest BCUT2D eigenvalue weighted by molar-refractivity contribution is 6.09. The first-order chi connectivity index (χ1) is 26.4. The van der Waals surface area contributed by atoms with Gasteiger partial charge in [0.05, 0.1) is 22.5 Å². The molecule has 0 aliphatic heterocycles. The molecule has 55 heavy (non-hydrogen) atoms. The Morgan fingerprint density at radius 1 is 0.473 bits per heavy atom. The first kappa shape index (κ1) is 38.3. The predicted octanol–water partition coefficient (Wildman–Crippen LogP) is 8.49. The zero-order chi connectivity index (χ0) is 39.3. The number of ether oxygens (including phenoxy) is 3. The summed E-state index contributed by atoms with van der Waals surface area (Å²) in [6.07, 6.45) is 0. The number of hydrogen-bond donors (Lipinski definition) is 5. The maximum Gasteiger partial charge on any atom is 0.337 e. The van der Waals surface area contributed by atoms with E-state index < -0.39 is 29.7 Å². The van der Waals surface area contributed by atoms with Crippen molar-refractivity contribution < 1.29 is 53.5 Å². The van der Waals surface area contributed by atoms with Gasteiger partial charge in [-0.2, -0.15) is 0 Å². The minimum Gasteiger partial charge on any atom is -0.508 e. The Morgan fingerprint density at radius 3 is 1.35 bits per heavy atom. The molecule has 0 spiro atoms. The molecule has 0 aliphatic carbocycles. The van der Waals surface area contributed by atoms with Crippen molar-refractivity contribution in [1.82, 2.24) is 0 Å². The molecular formula is C42H32N2O11. The van der Waals surface area contributed by atoms with Crippen LogP contribution in [-0.4, -0.2) is 45.0 Å². The molecule has 2 amide bonds. The summed E-state index contributed by atoms with van der Waals surface area (Å²) in [6, 6.07) is 38.3. The highest BCUT2D eigenvalue weighted by atomic mass is 16.5.